The maximum absolute atomic E-state index is 8.25. The van der Waals surface area contributed by atoms with Crippen molar-refractivity contribution in [2.24, 2.45) is 0 Å². The summed E-state index contributed by atoms with van der Waals surface area (Å²) in [6.07, 6.45) is 0. The van der Waals surface area contributed by atoms with E-state index in [1.165, 1.54) is 0 Å². The fourth-order valence-corrected chi connectivity index (χ4v) is 0. The van der Waals surface area contributed by atoms with E-state index in [0.29, 0.717) is 0 Å². The van der Waals surface area contributed by atoms with E-state index in [9.17, 15) is 0 Å². The van der Waals surface area contributed by atoms with Crippen LogP contribution in [0.15, 0.2) is 0 Å². The van der Waals surface area contributed by atoms with Crippen molar-refractivity contribution < 1.29 is 55.0 Å². The van der Waals surface area contributed by atoms with Gasteiger partial charge in [0.2, 0.25) is 0 Å². The van der Waals surface area contributed by atoms with Crippen molar-refractivity contribution in [3.8, 4) is 0 Å². The number of nitrogens with zero attached hydrogens (tertiary/aromatic N) is 1. The molecule has 12 N–H and O–H groups in total. The molecule has 10 nitrogen and oxygen atoms in total. The van der Waals surface area contributed by atoms with E-state index < -0.39 is 5.09 Å². The second kappa shape index (κ2) is 111. The van der Waals surface area contributed by atoms with Crippen molar-refractivity contribution in [2.45, 2.75) is 0 Å². The zero-order chi connectivity index (χ0) is 3.58. The molecule has 0 bridgehead atoms. The predicted octanol–water partition coefficient (Wildman–Crippen LogP) is -5.19. The Morgan fingerprint density at radius 3 is 0.727 bits per heavy atom. The molecule has 0 aromatic rings. The second-order valence-electron chi connectivity index (χ2n) is 0.224. The van der Waals surface area contributed by atoms with E-state index in [4.69, 9.17) is 15.3 Å². The maximum Gasteiger partial charge on any atom is 2.00 e. The van der Waals surface area contributed by atoms with Gasteiger partial charge in [0.1, 0.15) is 0 Å². The molecule has 0 fully saturated rings. The van der Waals surface area contributed by atoms with Gasteiger partial charge < -0.3 is 48.2 Å². The fraction of sp³-hybridized carbons (Fsp3) is 0. The molecule has 0 spiro atoms. The van der Waals surface area contributed by atoms with Gasteiger partial charge in [0.05, 0.1) is 5.09 Å². The van der Waals surface area contributed by atoms with Crippen LogP contribution in [0.2, 0.25) is 0 Å². The van der Waals surface area contributed by atoms with Gasteiger partial charge in [-0.05, 0) is 0 Å². The molecular formula is H12CuNO9+. The van der Waals surface area contributed by atoms with Crippen LogP contribution in [0.4, 0.5) is 0 Å². The Labute approximate surface area is 71.3 Å². The second-order valence-corrected chi connectivity index (χ2v) is 0.224. The molecule has 0 aromatic heterocycles. The first kappa shape index (κ1) is 153. The van der Waals surface area contributed by atoms with E-state index in [2.05, 4.69) is 0 Å². The molecule has 0 heterocycles. The molecule has 81 valence electrons. The first-order valence-corrected chi connectivity index (χ1v) is 0.548. The van der Waals surface area contributed by atoms with Gasteiger partial charge >= 0.3 is 17.1 Å². The third kappa shape index (κ3) is 1960. The van der Waals surface area contributed by atoms with Gasteiger partial charge in [-0.1, -0.05) is 0 Å². The summed E-state index contributed by atoms with van der Waals surface area (Å²) in [4.78, 5) is 8.25. The largest absolute Gasteiger partial charge is 2.00 e. The van der Waals surface area contributed by atoms with Crippen LogP contribution in [-0.4, -0.2) is 37.9 Å². The average Bonchev–Trinajstić information content (AvgIpc) is 0.811. The fourth-order valence-electron chi connectivity index (χ4n) is 0. The van der Waals surface area contributed by atoms with Crippen LogP contribution in [0.3, 0.4) is 0 Å². The summed E-state index contributed by atoms with van der Waals surface area (Å²) in [6.45, 7) is 0. The van der Waals surface area contributed by atoms with Crippen molar-refractivity contribution in [2.75, 3.05) is 0 Å². The van der Waals surface area contributed by atoms with Gasteiger partial charge in [-0.15, -0.1) is 0 Å². The molecule has 0 aliphatic carbocycles. The van der Waals surface area contributed by atoms with Gasteiger partial charge in [0.15, 0.2) is 0 Å². The van der Waals surface area contributed by atoms with Crippen LogP contribution >= 0.6 is 0 Å². The molecule has 0 rings (SSSR count). The minimum atomic E-state index is -1.75. The van der Waals surface area contributed by atoms with Crippen LogP contribution in [0, 0.1) is 15.3 Å². The van der Waals surface area contributed by atoms with Crippen LogP contribution in [0.25, 0.3) is 0 Å². The summed E-state index contributed by atoms with van der Waals surface area (Å²) in [5.41, 5.74) is 0. The molecule has 0 saturated heterocycles. The van der Waals surface area contributed by atoms with Crippen molar-refractivity contribution in [3.63, 3.8) is 0 Å². The van der Waals surface area contributed by atoms with Crippen molar-refractivity contribution in [3.05, 3.63) is 15.3 Å². The zero-order valence-electron chi connectivity index (χ0n) is 4.97. The summed E-state index contributed by atoms with van der Waals surface area (Å²) in [7, 11) is 0. The zero-order valence-corrected chi connectivity index (χ0v) is 5.92. The Morgan fingerprint density at radius 1 is 0.727 bits per heavy atom. The number of rotatable bonds is 0. The van der Waals surface area contributed by atoms with Gasteiger partial charge in [0, 0.05) is 0 Å². The third-order valence-electron chi connectivity index (χ3n) is 0. The minimum Gasteiger partial charge on any atom is -0.412 e. The summed E-state index contributed by atoms with van der Waals surface area (Å²) >= 11 is 0. The first-order valence-electron chi connectivity index (χ1n) is 0.548. The summed E-state index contributed by atoms with van der Waals surface area (Å²) in [5, 5.41) is 14.8. The van der Waals surface area contributed by atoms with E-state index >= 15 is 0 Å². The molecule has 0 saturated carbocycles. The number of hydrogen-bond acceptors (Lipinski definition) is 3. The standard InChI is InChI=1S/Cu.NO3.6H2O/c;2-1(3)4;;;;;;/h;;6*1H2/q+2;-1;;;;;;. The summed E-state index contributed by atoms with van der Waals surface area (Å²) in [6, 6.07) is 0. The topological polar surface area (TPSA) is 255 Å². The molecule has 0 atom stereocenters. The van der Waals surface area contributed by atoms with E-state index in [1.807, 2.05) is 0 Å². The van der Waals surface area contributed by atoms with Crippen molar-refractivity contribution >= 4 is 0 Å². The monoisotopic (exact) mass is 233 g/mol. The smallest absolute Gasteiger partial charge is 0.412 e. The predicted molar refractivity (Wildman–Crippen MR) is 32.0 cm³/mol. The molecule has 0 aliphatic rings. The number of hydrogen-bond donors (Lipinski definition) is 0. The molecule has 0 aliphatic heterocycles. The van der Waals surface area contributed by atoms with Crippen molar-refractivity contribution in [1.29, 1.82) is 0 Å². The van der Waals surface area contributed by atoms with Crippen LogP contribution < -0.4 is 0 Å². The molecule has 11 heavy (non-hydrogen) atoms. The molecule has 0 unspecified atom stereocenters. The van der Waals surface area contributed by atoms with Gasteiger partial charge in [0.25, 0.3) is 0 Å². The average molecular weight is 234 g/mol. The van der Waals surface area contributed by atoms with Crippen LogP contribution in [0.1, 0.15) is 0 Å². The Morgan fingerprint density at radius 2 is 0.727 bits per heavy atom. The van der Waals surface area contributed by atoms with Gasteiger partial charge in [-0.3, -0.25) is 0 Å². The van der Waals surface area contributed by atoms with Crippen LogP contribution in [0.5, 0.6) is 0 Å². The Hall–Kier alpha value is -0.521. The van der Waals surface area contributed by atoms with E-state index in [1.54, 1.807) is 0 Å². The molecule has 0 amide bonds. The van der Waals surface area contributed by atoms with Gasteiger partial charge in [-0.25, -0.2) is 0 Å². The molecular weight excluding hydrogens is 222 g/mol. The summed E-state index contributed by atoms with van der Waals surface area (Å²) < 4.78 is 0. The minimum absolute atomic E-state index is 0. The van der Waals surface area contributed by atoms with E-state index in [-0.39, 0.29) is 49.9 Å². The van der Waals surface area contributed by atoms with Gasteiger partial charge in [-0.2, -0.15) is 0 Å². The molecule has 1 radical (unpaired) electrons. The normalized spacial score (nSPS) is 2.18. The van der Waals surface area contributed by atoms with E-state index in [0.717, 1.165) is 0 Å². The SMILES string of the molecule is O.O.O.O.O.O.O=[N+]([O-])[O-].[Cu+2]. The quantitative estimate of drug-likeness (QED) is 0.226. The molecule has 0 aromatic carbocycles. The maximum atomic E-state index is 8.25. The first-order chi connectivity index (χ1) is 1.73. The van der Waals surface area contributed by atoms with Crippen LogP contribution in [-0.2, 0) is 17.1 Å². The third-order valence-corrected chi connectivity index (χ3v) is 0. The van der Waals surface area contributed by atoms with Crippen molar-refractivity contribution in [1.82, 2.24) is 0 Å². The summed E-state index contributed by atoms with van der Waals surface area (Å²) in [5.74, 6) is 0. The molecule has 11 heteroatoms. The Kier molecular flexibility index (Phi) is 1540. The Bertz CT molecular complexity index is 32.5. The Balaban J connectivity index is -0.00000000214.